The molecule has 0 spiro atoms. The van der Waals surface area contributed by atoms with Crippen LogP contribution in [0.15, 0.2) is 24.3 Å². The number of nitrogens with one attached hydrogen (secondary N) is 2. The van der Waals surface area contributed by atoms with Crippen molar-refractivity contribution in [3.8, 4) is 0 Å². The Morgan fingerprint density at radius 2 is 2.20 bits per heavy atom. The highest BCUT2D eigenvalue weighted by molar-refractivity contribution is 5.80. The van der Waals surface area contributed by atoms with Crippen molar-refractivity contribution in [2.45, 2.75) is 19.9 Å². The van der Waals surface area contributed by atoms with Gasteiger partial charge in [0.1, 0.15) is 5.82 Å². The quantitative estimate of drug-likeness (QED) is 0.793. The second kappa shape index (κ2) is 4.03. The monoisotopic (exact) mass is 206 g/mol. The van der Waals surface area contributed by atoms with Gasteiger partial charge in [0.15, 0.2) is 0 Å². The van der Waals surface area contributed by atoms with E-state index in [2.05, 4.69) is 24.1 Å². The third-order valence-electron chi connectivity index (χ3n) is 2.58. The molecule has 0 saturated heterocycles. The summed E-state index contributed by atoms with van der Waals surface area (Å²) in [6, 6.07) is 7.05. The Balaban J connectivity index is 2.38. The van der Waals surface area contributed by atoms with Crippen LogP contribution in [0.5, 0.6) is 0 Å². The number of rotatable bonds is 3. The van der Waals surface area contributed by atoms with Crippen molar-refractivity contribution < 1.29 is 4.39 Å². The fourth-order valence-corrected chi connectivity index (χ4v) is 1.78. The first-order chi connectivity index (χ1) is 7.20. The Bertz CT molecular complexity index is 462. The van der Waals surface area contributed by atoms with Crippen molar-refractivity contribution in [1.29, 1.82) is 0 Å². The molecule has 2 rings (SSSR count). The van der Waals surface area contributed by atoms with E-state index in [1.54, 1.807) is 12.1 Å². The molecule has 2 aromatic rings. The Kier molecular flexibility index (Phi) is 2.73. The first kappa shape index (κ1) is 10.2. The van der Waals surface area contributed by atoms with Crippen molar-refractivity contribution in [1.82, 2.24) is 10.3 Å². The number of H-pyrrole nitrogens is 1. The minimum Gasteiger partial charge on any atom is -0.357 e. The van der Waals surface area contributed by atoms with Crippen LogP contribution in [0.1, 0.15) is 25.6 Å². The first-order valence-electron chi connectivity index (χ1n) is 5.22. The van der Waals surface area contributed by atoms with E-state index in [4.69, 9.17) is 0 Å². The predicted molar refractivity (Wildman–Crippen MR) is 60.3 cm³/mol. The van der Waals surface area contributed by atoms with Gasteiger partial charge in [-0.05, 0) is 37.7 Å². The molecule has 0 aliphatic carbocycles. The lowest BCUT2D eigenvalue weighted by atomic mass is 10.2. The van der Waals surface area contributed by atoms with E-state index in [1.165, 1.54) is 6.07 Å². The summed E-state index contributed by atoms with van der Waals surface area (Å²) >= 11 is 0. The smallest absolute Gasteiger partial charge is 0.123 e. The van der Waals surface area contributed by atoms with Crippen LogP contribution in [-0.2, 0) is 0 Å². The number of hydrogen-bond acceptors (Lipinski definition) is 1. The van der Waals surface area contributed by atoms with Gasteiger partial charge in [0.25, 0.3) is 0 Å². The summed E-state index contributed by atoms with van der Waals surface area (Å²) < 4.78 is 13.0. The zero-order valence-corrected chi connectivity index (χ0v) is 8.97. The Labute approximate surface area is 88.5 Å². The zero-order valence-electron chi connectivity index (χ0n) is 8.97. The van der Waals surface area contributed by atoms with E-state index in [0.717, 1.165) is 23.1 Å². The maximum Gasteiger partial charge on any atom is 0.123 e. The zero-order chi connectivity index (χ0) is 10.8. The molecular formula is C12H15FN2. The van der Waals surface area contributed by atoms with Gasteiger partial charge >= 0.3 is 0 Å². The van der Waals surface area contributed by atoms with Gasteiger partial charge in [0.05, 0.1) is 0 Å². The lowest BCUT2D eigenvalue weighted by molar-refractivity contribution is 0.587. The van der Waals surface area contributed by atoms with Gasteiger partial charge in [0, 0.05) is 22.6 Å². The Morgan fingerprint density at radius 3 is 2.93 bits per heavy atom. The maximum atomic E-state index is 13.0. The highest BCUT2D eigenvalue weighted by Crippen LogP contribution is 2.20. The van der Waals surface area contributed by atoms with Gasteiger partial charge in [0.2, 0.25) is 0 Å². The van der Waals surface area contributed by atoms with Crippen LogP contribution in [-0.4, -0.2) is 11.5 Å². The highest BCUT2D eigenvalue weighted by Gasteiger charge is 2.07. The molecule has 0 fully saturated rings. The predicted octanol–water partition coefficient (Wildman–Crippen LogP) is 2.98. The van der Waals surface area contributed by atoms with Crippen molar-refractivity contribution in [2.24, 2.45) is 0 Å². The van der Waals surface area contributed by atoms with E-state index in [9.17, 15) is 4.39 Å². The van der Waals surface area contributed by atoms with Crippen LogP contribution in [0, 0.1) is 5.82 Å². The average molecular weight is 206 g/mol. The summed E-state index contributed by atoms with van der Waals surface area (Å²) in [5, 5.41) is 4.24. The molecular weight excluding hydrogens is 191 g/mol. The van der Waals surface area contributed by atoms with Crippen LogP contribution < -0.4 is 5.32 Å². The summed E-state index contributed by atoms with van der Waals surface area (Å²) in [6.45, 7) is 5.08. The van der Waals surface area contributed by atoms with Gasteiger partial charge < -0.3 is 10.3 Å². The van der Waals surface area contributed by atoms with Gasteiger partial charge in [-0.25, -0.2) is 4.39 Å². The average Bonchev–Trinajstić information content (AvgIpc) is 2.60. The minimum atomic E-state index is -0.191. The lowest BCUT2D eigenvalue weighted by Gasteiger charge is -2.09. The molecule has 3 heteroatoms. The first-order valence-corrected chi connectivity index (χ1v) is 5.22. The molecule has 1 aromatic heterocycles. The minimum absolute atomic E-state index is 0.191. The Morgan fingerprint density at radius 1 is 1.40 bits per heavy atom. The number of benzene rings is 1. The molecule has 0 amide bonds. The normalized spacial score (nSPS) is 13.3. The fraction of sp³-hybridized carbons (Fsp3) is 0.333. The third kappa shape index (κ3) is 2.02. The lowest BCUT2D eigenvalue weighted by Crippen LogP contribution is -2.17. The molecule has 0 radical (unpaired) electrons. The molecule has 1 aromatic carbocycles. The number of aromatic nitrogens is 1. The summed E-state index contributed by atoms with van der Waals surface area (Å²) in [6.07, 6.45) is 0. The highest BCUT2D eigenvalue weighted by atomic mass is 19.1. The van der Waals surface area contributed by atoms with E-state index in [0.29, 0.717) is 0 Å². The molecule has 1 atom stereocenters. The van der Waals surface area contributed by atoms with Gasteiger partial charge in [-0.3, -0.25) is 0 Å². The molecule has 0 aliphatic rings. The van der Waals surface area contributed by atoms with Crippen LogP contribution in [0.4, 0.5) is 4.39 Å². The van der Waals surface area contributed by atoms with E-state index < -0.39 is 0 Å². The molecule has 0 aliphatic heterocycles. The molecule has 2 N–H and O–H groups in total. The van der Waals surface area contributed by atoms with E-state index in [1.807, 2.05) is 6.07 Å². The maximum absolute atomic E-state index is 13.0. The van der Waals surface area contributed by atoms with Crippen molar-refractivity contribution in [3.05, 3.63) is 35.8 Å². The number of halogens is 1. The number of aromatic amines is 1. The van der Waals surface area contributed by atoms with Crippen LogP contribution in [0.3, 0.4) is 0 Å². The van der Waals surface area contributed by atoms with Crippen LogP contribution in [0.25, 0.3) is 10.9 Å². The summed E-state index contributed by atoms with van der Waals surface area (Å²) in [5.41, 5.74) is 2.08. The van der Waals surface area contributed by atoms with Crippen molar-refractivity contribution >= 4 is 10.9 Å². The number of hydrogen-bond donors (Lipinski definition) is 2. The molecule has 80 valence electrons. The summed E-state index contributed by atoms with van der Waals surface area (Å²) in [5.74, 6) is -0.191. The van der Waals surface area contributed by atoms with Crippen LogP contribution in [0.2, 0.25) is 0 Å². The van der Waals surface area contributed by atoms with E-state index >= 15 is 0 Å². The van der Waals surface area contributed by atoms with E-state index in [-0.39, 0.29) is 11.9 Å². The second-order valence-corrected chi connectivity index (χ2v) is 3.74. The topological polar surface area (TPSA) is 27.8 Å². The SMILES string of the molecule is CCNC(C)c1cc2cc(F)ccc2[nH]1. The molecule has 2 nitrogen and oxygen atoms in total. The summed E-state index contributed by atoms with van der Waals surface area (Å²) in [4.78, 5) is 3.28. The number of fused-ring (bicyclic) bond motifs is 1. The fourth-order valence-electron chi connectivity index (χ4n) is 1.78. The standard InChI is InChI=1S/C12H15FN2/c1-3-14-8(2)12-7-9-6-10(13)4-5-11(9)15-12/h4-8,14-15H,3H2,1-2H3. The second-order valence-electron chi connectivity index (χ2n) is 3.74. The van der Waals surface area contributed by atoms with Gasteiger partial charge in [-0.15, -0.1) is 0 Å². The molecule has 0 saturated carbocycles. The van der Waals surface area contributed by atoms with Gasteiger partial charge in [-0.1, -0.05) is 6.92 Å². The third-order valence-corrected chi connectivity index (χ3v) is 2.58. The Hall–Kier alpha value is -1.35. The molecule has 1 unspecified atom stereocenters. The molecule has 15 heavy (non-hydrogen) atoms. The molecule has 1 heterocycles. The summed E-state index contributed by atoms with van der Waals surface area (Å²) in [7, 11) is 0. The largest absolute Gasteiger partial charge is 0.357 e. The van der Waals surface area contributed by atoms with Crippen molar-refractivity contribution in [2.75, 3.05) is 6.54 Å². The molecule has 0 bridgehead atoms. The van der Waals surface area contributed by atoms with Crippen molar-refractivity contribution in [3.63, 3.8) is 0 Å². The van der Waals surface area contributed by atoms with Gasteiger partial charge in [-0.2, -0.15) is 0 Å². The van der Waals surface area contributed by atoms with Crippen LogP contribution >= 0.6 is 0 Å².